The van der Waals surface area contributed by atoms with Crippen molar-refractivity contribution >= 4 is 17.3 Å². The van der Waals surface area contributed by atoms with Crippen molar-refractivity contribution in [1.29, 1.82) is 0 Å². The molecule has 1 aliphatic heterocycles. The van der Waals surface area contributed by atoms with Gasteiger partial charge in [-0.1, -0.05) is 13.8 Å². The first-order valence-electron chi connectivity index (χ1n) is 8.46. The molecule has 1 aromatic carbocycles. The van der Waals surface area contributed by atoms with Crippen LogP contribution in [0.3, 0.4) is 0 Å². The Morgan fingerprint density at radius 3 is 2.88 bits per heavy atom. The highest BCUT2D eigenvalue weighted by atomic mass is 16.6. The van der Waals surface area contributed by atoms with E-state index in [1.165, 1.54) is 19.2 Å². The van der Waals surface area contributed by atoms with Crippen LogP contribution in [0.4, 0.5) is 11.4 Å². The molecule has 0 radical (unpaired) electrons. The van der Waals surface area contributed by atoms with E-state index in [1.54, 1.807) is 6.07 Å². The Kier molecular flexibility index (Phi) is 4.88. The van der Waals surface area contributed by atoms with Gasteiger partial charge in [-0.25, -0.2) is 14.5 Å². The van der Waals surface area contributed by atoms with Gasteiger partial charge in [0.1, 0.15) is 11.5 Å². The number of carbonyl (C=O) groups is 1. The zero-order valence-corrected chi connectivity index (χ0v) is 14.9. The summed E-state index contributed by atoms with van der Waals surface area (Å²) in [6.07, 6.45) is 1.55. The molecule has 0 fully saturated rings. The monoisotopic (exact) mass is 359 g/mol. The fourth-order valence-electron chi connectivity index (χ4n) is 2.96. The van der Waals surface area contributed by atoms with Gasteiger partial charge in [0.2, 0.25) is 0 Å². The van der Waals surface area contributed by atoms with Crippen molar-refractivity contribution in [2.45, 2.75) is 45.2 Å². The van der Waals surface area contributed by atoms with Crippen LogP contribution in [0.15, 0.2) is 18.2 Å². The smallest absolute Gasteiger partial charge is 0.338 e. The molecular formula is C17H21N5O4. The van der Waals surface area contributed by atoms with Crippen molar-refractivity contribution in [1.82, 2.24) is 14.8 Å². The zero-order chi connectivity index (χ0) is 18.8. The summed E-state index contributed by atoms with van der Waals surface area (Å²) in [7, 11) is 1.24. The summed E-state index contributed by atoms with van der Waals surface area (Å²) in [6, 6.07) is 4.28. The second kappa shape index (κ2) is 7.11. The van der Waals surface area contributed by atoms with Crippen molar-refractivity contribution in [2.24, 2.45) is 0 Å². The lowest BCUT2D eigenvalue weighted by Gasteiger charge is -2.24. The average Bonchev–Trinajstić information content (AvgIpc) is 3.05. The molecule has 0 spiro atoms. The maximum Gasteiger partial charge on any atom is 0.338 e. The van der Waals surface area contributed by atoms with Crippen LogP contribution in [0.2, 0.25) is 0 Å². The number of hydrogen-bond donors (Lipinski definition) is 1. The molecule has 138 valence electrons. The highest BCUT2D eigenvalue weighted by molar-refractivity contribution is 5.91. The first-order chi connectivity index (χ1) is 12.4. The Bertz CT molecular complexity index is 846. The number of aryl methyl sites for hydroxylation is 1. The van der Waals surface area contributed by atoms with Gasteiger partial charge in [-0.2, -0.15) is 5.10 Å². The SMILES string of the molecule is COC(=O)c1ccc(N[C@H]2CCc3nc(C(C)C)nn3C2)c([N+](=O)[O-])c1. The third kappa shape index (κ3) is 3.51. The molecule has 0 saturated heterocycles. The number of aromatic nitrogens is 3. The van der Waals surface area contributed by atoms with E-state index in [0.717, 1.165) is 24.5 Å². The van der Waals surface area contributed by atoms with Crippen molar-refractivity contribution in [3.63, 3.8) is 0 Å². The van der Waals surface area contributed by atoms with Crippen LogP contribution in [0.25, 0.3) is 0 Å². The molecule has 0 saturated carbocycles. The van der Waals surface area contributed by atoms with E-state index in [2.05, 4.69) is 20.1 Å². The second-order valence-electron chi connectivity index (χ2n) is 6.58. The molecule has 1 atom stereocenters. The number of rotatable bonds is 5. The summed E-state index contributed by atoms with van der Waals surface area (Å²) in [6.45, 7) is 4.68. The van der Waals surface area contributed by atoms with Crippen LogP contribution in [0.1, 0.15) is 48.2 Å². The molecule has 1 aromatic heterocycles. The van der Waals surface area contributed by atoms with Crippen LogP contribution >= 0.6 is 0 Å². The first kappa shape index (κ1) is 17.8. The van der Waals surface area contributed by atoms with Gasteiger partial charge in [-0.15, -0.1) is 0 Å². The third-order valence-corrected chi connectivity index (χ3v) is 4.37. The van der Waals surface area contributed by atoms with Gasteiger partial charge in [0.05, 0.1) is 24.1 Å². The van der Waals surface area contributed by atoms with Crippen molar-refractivity contribution in [3.8, 4) is 0 Å². The highest BCUT2D eigenvalue weighted by Crippen LogP contribution is 2.28. The molecule has 26 heavy (non-hydrogen) atoms. The normalized spacial score (nSPS) is 16.2. The summed E-state index contributed by atoms with van der Waals surface area (Å²) in [5, 5.41) is 19.1. The van der Waals surface area contributed by atoms with E-state index >= 15 is 0 Å². The largest absolute Gasteiger partial charge is 0.465 e. The standard InChI is InChI=1S/C17H21N5O4/c1-10(2)16-19-15-7-5-12(9-21(15)20-16)18-13-6-4-11(17(23)26-3)8-14(13)22(24)25/h4,6,8,10,12,18H,5,7,9H2,1-3H3/t12-/m0/s1. The minimum absolute atomic E-state index is 0.00751. The lowest BCUT2D eigenvalue weighted by molar-refractivity contribution is -0.384. The number of ether oxygens (including phenoxy) is 1. The van der Waals surface area contributed by atoms with E-state index in [0.29, 0.717) is 12.2 Å². The number of nitro groups is 1. The number of nitrogens with one attached hydrogen (secondary N) is 1. The van der Waals surface area contributed by atoms with Gasteiger partial charge in [-0.05, 0) is 18.6 Å². The molecule has 3 rings (SSSR count). The van der Waals surface area contributed by atoms with Crippen LogP contribution in [0, 0.1) is 10.1 Å². The fraction of sp³-hybridized carbons (Fsp3) is 0.471. The molecule has 0 unspecified atom stereocenters. The minimum atomic E-state index is -0.606. The predicted octanol–water partition coefficient (Wildman–Crippen LogP) is 2.52. The lowest BCUT2D eigenvalue weighted by atomic mass is 10.1. The molecule has 0 amide bonds. The van der Waals surface area contributed by atoms with Gasteiger partial charge in [-0.3, -0.25) is 10.1 Å². The van der Waals surface area contributed by atoms with Gasteiger partial charge >= 0.3 is 5.97 Å². The Morgan fingerprint density at radius 1 is 1.46 bits per heavy atom. The number of methoxy groups -OCH3 is 1. The quantitative estimate of drug-likeness (QED) is 0.496. The molecule has 0 bridgehead atoms. The van der Waals surface area contributed by atoms with Gasteiger partial charge in [0, 0.05) is 24.4 Å². The molecule has 1 aliphatic rings. The highest BCUT2D eigenvalue weighted by Gasteiger charge is 2.25. The summed E-state index contributed by atoms with van der Waals surface area (Å²) < 4.78 is 6.49. The maximum absolute atomic E-state index is 11.6. The van der Waals surface area contributed by atoms with E-state index in [4.69, 9.17) is 0 Å². The fourth-order valence-corrected chi connectivity index (χ4v) is 2.96. The predicted molar refractivity (Wildman–Crippen MR) is 94.3 cm³/mol. The summed E-state index contributed by atoms with van der Waals surface area (Å²) in [5.74, 6) is 1.41. The minimum Gasteiger partial charge on any atom is -0.465 e. The number of benzene rings is 1. The van der Waals surface area contributed by atoms with Crippen molar-refractivity contribution in [2.75, 3.05) is 12.4 Å². The molecular weight excluding hydrogens is 338 g/mol. The van der Waals surface area contributed by atoms with Gasteiger partial charge < -0.3 is 10.1 Å². The van der Waals surface area contributed by atoms with Crippen LogP contribution in [-0.4, -0.2) is 38.8 Å². The topological polar surface area (TPSA) is 112 Å². The van der Waals surface area contributed by atoms with Crippen LogP contribution in [0.5, 0.6) is 0 Å². The van der Waals surface area contributed by atoms with Crippen molar-refractivity contribution < 1.29 is 14.5 Å². The summed E-state index contributed by atoms with van der Waals surface area (Å²) >= 11 is 0. The van der Waals surface area contributed by atoms with Gasteiger partial charge in [0.15, 0.2) is 5.82 Å². The Balaban J connectivity index is 1.80. The zero-order valence-electron chi connectivity index (χ0n) is 14.9. The average molecular weight is 359 g/mol. The number of anilines is 1. The van der Waals surface area contributed by atoms with Crippen LogP contribution in [-0.2, 0) is 17.7 Å². The number of esters is 1. The summed E-state index contributed by atoms with van der Waals surface area (Å²) in [5.41, 5.74) is 0.369. The second-order valence-corrected chi connectivity index (χ2v) is 6.58. The van der Waals surface area contributed by atoms with E-state index < -0.39 is 10.9 Å². The van der Waals surface area contributed by atoms with Gasteiger partial charge in [0.25, 0.3) is 5.69 Å². The van der Waals surface area contributed by atoms with E-state index in [9.17, 15) is 14.9 Å². The molecule has 1 N–H and O–H groups in total. The van der Waals surface area contributed by atoms with Crippen molar-refractivity contribution in [3.05, 3.63) is 45.5 Å². The first-order valence-corrected chi connectivity index (χ1v) is 8.46. The van der Waals surface area contributed by atoms with Crippen LogP contribution < -0.4 is 5.32 Å². The molecule has 2 heterocycles. The molecule has 9 heteroatoms. The molecule has 2 aromatic rings. The number of hydrogen-bond acceptors (Lipinski definition) is 7. The van der Waals surface area contributed by atoms with E-state index in [1.807, 2.05) is 18.5 Å². The Labute approximate surface area is 150 Å². The maximum atomic E-state index is 11.6. The number of carbonyl (C=O) groups excluding carboxylic acids is 1. The number of nitrogens with zero attached hydrogens (tertiary/aromatic N) is 4. The lowest BCUT2D eigenvalue weighted by Crippen LogP contribution is -2.32. The Morgan fingerprint density at radius 2 is 2.23 bits per heavy atom. The number of nitro benzene ring substituents is 1. The summed E-state index contributed by atoms with van der Waals surface area (Å²) in [4.78, 5) is 27.0. The van der Waals surface area contributed by atoms with E-state index in [-0.39, 0.29) is 23.2 Å². The number of fused-ring (bicyclic) bond motifs is 1. The Hall–Kier alpha value is -2.97. The third-order valence-electron chi connectivity index (χ3n) is 4.37. The molecule has 0 aliphatic carbocycles. The molecule has 9 nitrogen and oxygen atoms in total.